The Labute approximate surface area is 171 Å². The first kappa shape index (κ1) is 19.1. The molecule has 6 heteroatoms. The van der Waals surface area contributed by atoms with Crippen molar-refractivity contribution in [1.29, 1.82) is 5.26 Å². The first-order valence-corrected chi connectivity index (χ1v) is 9.20. The quantitative estimate of drug-likeness (QED) is 0.482. The third kappa shape index (κ3) is 3.69. The monoisotopic (exact) mass is 397 g/mol. The Balaban J connectivity index is 1.82. The number of pyridine rings is 1. The molecule has 30 heavy (non-hydrogen) atoms. The van der Waals surface area contributed by atoms with E-state index >= 15 is 0 Å². The molecule has 0 aliphatic rings. The Bertz CT molecular complexity index is 1370. The number of rotatable bonds is 4. The van der Waals surface area contributed by atoms with Gasteiger partial charge in [-0.15, -0.1) is 0 Å². The zero-order valence-electron chi connectivity index (χ0n) is 15.8. The van der Waals surface area contributed by atoms with Gasteiger partial charge >= 0.3 is 0 Å². The lowest BCUT2D eigenvalue weighted by Crippen LogP contribution is -2.08. The summed E-state index contributed by atoms with van der Waals surface area (Å²) in [5, 5.41) is 19.9. The van der Waals surface area contributed by atoms with E-state index in [9.17, 15) is 14.3 Å². The fourth-order valence-corrected chi connectivity index (χ4v) is 3.26. The average molecular weight is 397 g/mol. The zero-order chi connectivity index (χ0) is 21.1. The highest BCUT2D eigenvalue weighted by Gasteiger charge is 2.12. The smallest absolute Gasteiger partial charge is 0.258 e. The summed E-state index contributed by atoms with van der Waals surface area (Å²) < 4.78 is 14.2. The Hall–Kier alpha value is -4.24. The molecule has 1 aromatic heterocycles. The van der Waals surface area contributed by atoms with E-state index in [1.165, 1.54) is 12.3 Å². The minimum Gasteiger partial charge on any atom is -0.494 e. The van der Waals surface area contributed by atoms with Crippen LogP contribution in [0.15, 0.2) is 76.5 Å². The molecule has 0 amide bonds. The van der Waals surface area contributed by atoms with Gasteiger partial charge in [0.25, 0.3) is 5.56 Å². The number of aromatic amines is 1. The second-order valence-corrected chi connectivity index (χ2v) is 6.72. The molecule has 0 radical (unpaired) electrons. The van der Waals surface area contributed by atoms with E-state index in [0.717, 1.165) is 5.56 Å². The van der Waals surface area contributed by atoms with Gasteiger partial charge in [-0.05, 0) is 41.5 Å². The van der Waals surface area contributed by atoms with Gasteiger partial charge in [0.1, 0.15) is 5.82 Å². The van der Waals surface area contributed by atoms with E-state index in [1.54, 1.807) is 60.7 Å². The van der Waals surface area contributed by atoms with Crippen LogP contribution in [0.25, 0.3) is 21.9 Å². The van der Waals surface area contributed by atoms with Gasteiger partial charge in [-0.25, -0.2) is 4.39 Å². The molecule has 0 aliphatic carbocycles. The molecule has 4 rings (SSSR count). The van der Waals surface area contributed by atoms with Crippen LogP contribution in [0, 0.1) is 17.1 Å². The topological polar surface area (TPSA) is 89.2 Å². The normalized spacial score (nSPS) is 11.1. The van der Waals surface area contributed by atoms with Crippen LogP contribution in [0.2, 0.25) is 0 Å². The third-order valence-corrected chi connectivity index (χ3v) is 4.79. The molecular formula is C24H16FN3O2. The molecule has 5 nitrogen and oxygen atoms in total. The first-order valence-electron chi connectivity index (χ1n) is 9.20. The number of halogens is 1. The van der Waals surface area contributed by atoms with Crippen molar-refractivity contribution >= 4 is 22.7 Å². The zero-order valence-corrected chi connectivity index (χ0v) is 15.8. The maximum atomic E-state index is 14.2. The Morgan fingerprint density at radius 1 is 1.07 bits per heavy atom. The van der Waals surface area contributed by atoms with Crippen molar-refractivity contribution in [3.05, 3.63) is 94.0 Å². The van der Waals surface area contributed by atoms with Gasteiger partial charge in [-0.1, -0.05) is 36.4 Å². The van der Waals surface area contributed by atoms with E-state index in [2.05, 4.69) is 16.0 Å². The van der Waals surface area contributed by atoms with E-state index in [0.29, 0.717) is 39.6 Å². The minimum atomic E-state index is -0.444. The summed E-state index contributed by atoms with van der Waals surface area (Å²) >= 11 is 0. The van der Waals surface area contributed by atoms with E-state index < -0.39 is 5.56 Å². The molecule has 2 N–H and O–H groups in total. The molecule has 146 valence electrons. The highest BCUT2D eigenvalue weighted by Crippen LogP contribution is 2.29. The second-order valence-electron chi connectivity index (χ2n) is 6.72. The molecule has 0 aliphatic heterocycles. The number of nitrogens with zero attached hydrogens (tertiary/aromatic N) is 2. The molecule has 0 fully saturated rings. The fourth-order valence-electron chi connectivity index (χ4n) is 3.26. The van der Waals surface area contributed by atoms with Gasteiger partial charge in [0, 0.05) is 22.6 Å². The third-order valence-electron chi connectivity index (χ3n) is 4.79. The molecular weight excluding hydrogens is 381 g/mol. The number of H-pyrrole nitrogens is 1. The Morgan fingerprint density at radius 2 is 1.83 bits per heavy atom. The standard InChI is InChI=1S/C24H16FN3O2/c25-22-4-2-1-3-18(22)16-7-10-19-20(13-16)21(24(30)28-23(19)29)14-27-17-8-5-15(6-9-17)11-12-26/h1-10,13-14H,11H2,(H2,28,29,30). The molecule has 0 saturated carbocycles. The summed E-state index contributed by atoms with van der Waals surface area (Å²) in [6, 6.07) is 20.5. The summed E-state index contributed by atoms with van der Waals surface area (Å²) in [4.78, 5) is 19.1. The number of hydrogen-bond acceptors (Lipinski definition) is 4. The van der Waals surface area contributed by atoms with Gasteiger partial charge in [-0.3, -0.25) is 14.8 Å². The van der Waals surface area contributed by atoms with Crippen LogP contribution < -0.4 is 5.56 Å². The summed E-state index contributed by atoms with van der Waals surface area (Å²) in [5.74, 6) is -0.693. The highest BCUT2D eigenvalue weighted by atomic mass is 19.1. The van der Waals surface area contributed by atoms with Crippen LogP contribution in [-0.4, -0.2) is 16.3 Å². The van der Waals surface area contributed by atoms with Crippen molar-refractivity contribution in [2.24, 2.45) is 4.99 Å². The molecule has 0 atom stereocenters. The summed E-state index contributed by atoms with van der Waals surface area (Å²) in [7, 11) is 0. The van der Waals surface area contributed by atoms with Crippen molar-refractivity contribution in [2.45, 2.75) is 6.42 Å². The van der Waals surface area contributed by atoms with Gasteiger partial charge in [0.15, 0.2) is 0 Å². The number of aromatic hydroxyl groups is 1. The van der Waals surface area contributed by atoms with Crippen LogP contribution >= 0.6 is 0 Å². The maximum Gasteiger partial charge on any atom is 0.258 e. The average Bonchev–Trinajstić information content (AvgIpc) is 2.75. The van der Waals surface area contributed by atoms with E-state index in [4.69, 9.17) is 5.26 Å². The molecule has 0 saturated heterocycles. The predicted molar refractivity (Wildman–Crippen MR) is 115 cm³/mol. The number of aliphatic imine (C=N–C) groups is 1. The van der Waals surface area contributed by atoms with E-state index in [1.807, 2.05) is 0 Å². The largest absolute Gasteiger partial charge is 0.494 e. The molecule has 3 aromatic carbocycles. The Morgan fingerprint density at radius 3 is 2.57 bits per heavy atom. The van der Waals surface area contributed by atoms with Crippen LogP contribution in [-0.2, 0) is 6.42 Å². The summed E-state index contributed by atoms with van der Waals surface area (Å²) in [5.41, 5.74) is 2.37. The van der Waals surface area contributed by atoms with Gasteiger partial charge in [0.05, 0.1) is 23.7 Å². The molecule has 4 aromatic rings. The summed E-state index contributed by atoms with van der Waals surface area (Å²) in [6.45, 7) is 0. The molecule has 0 unspecified atom stereocenters. The van der Waals surface area contributed by atoms with E-state index in [-0.39, 0.29) is 11.7 Å². The number of fused-ring (bicyclic) bond motifs is 1. The van der Waals surface area contributed by atoms with Crippen molar-refractivity contribution < 1.29 is 9.50 Å². The van der Waals surface area contributed by atoms with Crippen molar-refractivity contribution in [3.63, 3.8) is 0 Å². The van der Waals surface area contributed by atoms with Crippen LogP contribution in [0.5, 0.6) is 5.88 Å². The lowest BCUT2D eigenvalue weighted by Gasteiger charge is -2.08. The van der Waals surface area contributed by atoms with Gasteiger partial charge in [-0.2, -0.15) is 5.26 Å². The van der Waals surface area contributed by atoms with Gasteiger partial charge < -0.3 is 5.11 Å². The number of hydrogen-bond donors (Lipinski definition) is 2. The van der Waals surface area contributed by atoms with Gasteiger partial charge in [0.2, 0.25) is 5.88 Å². The molecule has 1 heterocycles. The fraction of sp³-hybridized carbons (Fsp3) is 0.0417. The van der Waals surface area contributed by atoms with Crippen LogP contribution in [0.3, 0.4) is 0 Å². The number of nitrogens with one attached hydrogen (secondary N) is 1. The molecule has 0 spiro atoms. The lowest BCUT2D eigenvalue weighted by atomic mass is 9.99. The first-order chi connectivity index (χ1) is 14.6. The van der Waals surface area contributed by atoms with Crippen molar-refractivity contribution in [1.82, 2.24) is 4.98 Å². The SMILES string of the molecule is N#CCc1ccc(N=Cc2c(O)[nH]c(=O)c3ccc(-c4ccccc4F)cc23)cc1. The predicted octanol–water partition coefficient (Wildman–Crippen LogP) is 4.86. The summed E-state index contributed by atoms with van der Waals surface area (Å²) in [6.07, 6.45) is 1.77. The molecule has 0 bridgehead atoms. The second kappa shape index (κ2) is 8.02. The number of aromatic nitrogens is 1. The van der Waals surface area contributed by atoms with Crippen molar-refractivity contribution in [2.75, 3.05) is 0 Å². The number of nitriles is 1. The van der Waals surface area contributed by atoms with Crippen LogP contribution in [0.1, 0.15) is 11.1 Å². The maximum absolute atomic E-state index is 14.2. The lowest BCUT2D eigenvalue weighted by molar-refractivity contribution is 0.452. The Kier molecular flexibility index (Phi) is 5.10. The minimum absolute atomic E-state index is 0.314. The van der Waals surface area contributed by atoms with Crippen molar-refractivity contribution in [3.8, 4) is 23.1 Å². The highest BCUT2D eigenvalue weighted by molar-refractivity contribution is 6.03. The number of benzene rings is 3. The van der Waals surface area contributed by atoms with Crippen LogP contribution in [0.4, 0.5) is 10.1 Å².